The number of alkyl halides is 1. The topological polar surface area (TPSA) is 51.2 Å². The maximum atomic E-state index is 11.3. The number of nitrogens with one attached hydrogen (secondary N) is 1. The number of amides is 1. The first kappa shape index (κ1) is 11.4. The second-order valence-corrected chi connectivity index (χ2v) is 4.38. The molecule has 1 amide bonds. The minimum absolute atomic E-state index is 0.0914. The van der Waals surface area contributed by atoms with E-state index in [0.29, 0.717) is 17.5 Å². The Kier molecular flexibility index (Phi) is 3.43. The van der Waals surface area contributed by atoms with Crippen LogP contribution in [0.2, 0.25) is 0 Å². The average molecular weight is 285 g/mol. The van der Waals surface area contributed by atoms with Crippen LogP contribution in [-0.2, 0) is 4.79 Å². The quantitative estimate of drug-likeness (QED) is 0.863. The van der Waals surface area contributed by atoms with Crippen LogP contribution in [0, 0.1) is 6.92 Å². The van der Waals surface area contributed by atoms with Gasteiger partial charge in [-0.2, -0.15) is 0 Å². The van der Waals surface area contributed by atoms with Crippen molar-refractivity contribution in [3.63, 3.8) is 0 Å². The van der Waals surface area contributed by atoms with Gasteiger partial charge >= 0.3 is 0 Å². The van der Waals surface area contributed by atoms with E-state index in [1.807, 2.05) is 13.0 Å². The lowest BCUT2D eigenvalue weighted by atomic mass is 10.3. The number of carbonyl (C=O) groups is 1. The second-order valence-electron chi connectivity index (χ2n) is 3.82. The second kappa shape index (κ2) is 4.82. The summed E-state index contributed by atoms with van der Waals surface area (Å²) in [7, 11) is 0. The van der Waals surface area contributed by atoms with E-state index >= 15 is 0 Å². The SMILES string of the molecule is Cc1cc(NC(=O)CBr)c(OC2CC2)cn1. The van der Waals surface area contributed by atoms with Crippen molar-refractivity contribution in [1.82, 2.24) is 4.98 Å². The molecule has 4 nitrogen and oxygen atoms in total. The highest BCUT2D eigenvalue weighted by atomic mass is 79.9. The Hall–Kier alpha value is -1.10. The molecular weight excluding hydrogens is 272 g/mol. The number of aromatic nitrogens is 1. The zero-order chi connectivity index (χ0) is 11.5. The summed E-state index contributed by atoms with van der Waals surface area (Å²) in [5.74, 6) is 0.564. The van der Waals surface area contributed by atoms with Gasteiger partial charge in [-0.25, -0.2) is 0 Å². The zero-order valence-corrected chi connectivity index (χ0v) is 10.6. The van der Waals surface area contributed by atoms with Gasteiger partial charge in [-0.05, 0) is 25.8 Å². The Labute approximate surface area is 103 Å². The predicted molar refractivity (Wildman–Crippen MR) is 65.0 cm³/mol. The maximum absolute atomic E-state index is 11.3. The van der Waals surface area contributed by atoms with Gasteiger partial charge in [-0.3, -0.25) is 9.78 Å². The highest BCUT2D eigenvalue weighted by molar-refractivity contribution is 9.09. The number of pyridine rings is 1. The number of aryl methyl sites for hydroxylation is 1. The summed E-state index contributed by atoms with van der Waals surface area (Å²) in [6.45, 7) is 1.88. The van der Waals surface area contributed by atoms with Gasteiger partial charge < -0.3 is 10.1 Å². The molecule has 0 radical (unpaired) electrons. The van der Waals surface area contributed by atoms with Crippen molar-refractivity contribution >= 4 is 27.5 Å². The third-order valence-electron chi connectivity index (χ3n) is 2.22. The number of carbonyl (C=O) groups excluding carboxylic acids is 1. The summed E-state index contributed by atoms with van der Waals surface area (Å²) >= 11 is 3.11. The summed E-state index contributed by atoms with van der Waals surface area (Å²) in [6.07, 6.45) is 4.13. The van der Waals surface area contributed by atoms with E-state index in [1.165, 1.54) is 0 Å². The molecule has 0 spiro atoms. The van der Waals surface area contributed by atoms with Gasteiger partial charge in [0.25, 0.3) is 0 Å². The Morgan fingerprint density at radius 2 is 2.44 bits per heavy atom. The van der Waals surface area contributed by atoms with Gasteiger partial charge in [0, 0.05) is 5.69 Å². The molecule has 0 bridgehead atoms. The van der Waals surface area contributed by atoms with Crippen LogP contribution < -0.4 is 10.1 Å². The first-order chi connectivity index (χ1) is 7.69. The van der Waals surface area contributed by atoms with E-state index < -0.39 is 0 Å². The molecule has 0 unspecified atom stereocenters. The third kappa shape index (κ3) is 2.95. The van der Waals surface area contributed by atoms with E-state index in [9.17, 15) is 4.79 Å². The van der Waals surface area contributed by atoms with E-state index in [0.717, 1.165) is 18.5 Å². The van der Waals surface area contributed by atoms with E-state index in [-0.39, 0.29) is 11.2 Å². The number of nitrogens with zero attached hydrogens (tertiary/aromatic N) is 1. The number of anilines is 1. The summed E-state index contributed by atoms with van der Waals surface area (Å²) in [5.41, 5.74) is 1.55. The van der Waals surface area contributed by atoms with Gasteiger partial charge in [0.15, 0.2) is 5.75 Å². The van der Waals surface area contributed by atoms with Gasteiger partial charge in [-0.15, -0.1) is 0 Å². The summed E-state index contributed by atoms with van der Waals surface area (Å²) < 4.78 is 5.66. The number of hydrogen-bond acceptors (Lipinski definition) is 3. The molecule has 0 atom stereocenters. The van der Waals surface area contributed by atoms with Crippen molar-refractivity contribution in [1.29, 1.82) is 0 Å². The largest absolute Gasteiger partial charge is 0.487 e. The number of rotatable bonds is 4. The van der Waals surface area contributed by atoms with Crippen molar-refractivity contribution in [3.8, 4) is 5.75 Å². The van der Waals surface area contributed by atoms with Crippen LogP contribution >= 0.6 is 15.9 Å². The monoisotopic (exact) mass is 284 g/mol. The van der Waals surface area contributed by atoms with Gasteiger partial charge in [0.1, 0.15) is 0 Å². The molecule has 1 heterocycles. The van der Waals surface area contributed by atoms with Crippen LogP contribution in [0.25, 0.3) is 0 Å². The fourth-order valence-electron chi connectivity index (χ4n) is 1.29. The van der Waals surface area contributed by atoms with Crippen molar-refractivity contribution in [2.45, 2.75) is 25.9 Å². The number of halogens is 1. The standard InChI is InChI=1S/C11H13BrN2O2/c1-7-4-9(14-11(15)5-12)10(6-13-7)16-8-2-3-8/h4,6,8H,2-3,5H2,1H3,(H,13,14,15). The average Bonchev–Trinajstić information content (AvgIpc) is 3.06. The predicted octanol–water partition coefficient (Wildman–Crippen LogP) is 2.26. The zero-order valence-electron chi connectivity index (χ0n) is 9.00. The molecule has 0 aromatic carbocycles. The lowest BCUT2D eigenvalue weighted by Crippen LogP contribution is -2.14. The third-order valence-corrected chi connectivity index (χ3v) is 2.73. The molecular formula is C11H13BrN2O2. The molecule has 2 rings (SSSR count). The lowest BCUT2D eigenvalue weighted by Gasteiger charge is -2.11. The smallest absolute Gasteiger partial charge is 0.235 e. The minimum Gasteiger partial charge on any atom is -0.487 e. The Bertz CT molecular complexity index is 405. The molecule has 1 saturated carbocycles. The van der Waals surface area contributed by atoms with Gasteiger partial charge in [0.05, 0.1) is 23.3 Å². The first-order valence-electron chi connectivity index (χ1n) is 5.18. The molecule has 1 aliphatic carbocycles. The van der Waals surface area contributed by atoms with Crippen LogP contribution in [0.15, 0.2) is 12.3 Å². The minimum atomic E-state index is -0.0914. The lowest BCUT2D eigenvalue weighted by molar-refractivity contribution is -0.113. The summed E-state index contributed by atoms with van der Waals surface area (Å²) in [4.78, 5) is 15.5. The van der Waals surface area contributed by atoms with Crippen LogP contribution in [0.3, 0.4) is 0 Å². The molecule has 0 aliphatic heterocycles. The molecule has 1 aromatic heterocycles. The van der Waals surface area contributed by atoms with Crippen LogP contribution in [0.4, 0.5) is 5.69 Å². The van der Waals surface area contributed by atoms with E-state index in [2.05, 4.69) is 26.2 Å². The Morgan fingerprint density at radius 1 is 1.69 bits per heavy atom. The first-order valence-corrected chi connectivity index (χ1v) is 6.30. The van der Waals surface area contributed by atoms with E-state index in [1.54, 1.807) is 6.20 Å². The Morgan fingerprint density at radius 3 is 3.06 bits per heavy atom. The molecule has 1 fully saturated rings. The molecule has 1 N–H and O–H groups in total. The highest BCUT2D eigenvalue weighted by Crippen LogP contribution is 2.31. The number of hydrogen-bond donors (Lipinski definition) is 1. The summed E-state index contributed by atoms with van der Waals surface area (Å²) in [6, 6.07) is 1.82. The number of ether oxygens (including phenoxy) is 1. The van der Waals surface area contributed by atoms with Crippen molar-refractivity contribution in [2.75, 3.05) is 10.6 Å². The molecule has 16 heavy (non-hydrogen) atoms. The molecule has 1 aliphatic rings. The van der Waals surface area contributed by atoms with Gasteiger partial charge in [-0.1, -0.05) is 15.9 Å². The van der Waals surface area contributed by atoms with Crippen LogP contribution in [-0.4, -0.2) is 22.3 Å². The highest BCUT2D eigenvalue weighted by Gasteiger charge is 2.25. The fourth-order valence-corrected chi connectivity index (χ4v) is 1.43. The Balaban J connectivity index is 2.17. The fraction of sp³-hybridized carbons (Fsp3) is 0.455. The van der Waals surface area contributed by atoms with Gasteiger partial charge in [0.2, 0.25) is 5.91 Å². The maximum Gasteiger partial charge on any atom is 0.235 e. The summed E-state index contributed by atoms with van der Waals surface area (Å²) in [5, 5.41) is 3.06. The molecule has 0 saturated heterocycles. The van der Waals surface area contributed by atoms with Crippen LogP contribution in [0.5, 0.6) is 5.75 Å². The van der Waals surface area contributed by atoms with Crippen molar-refractivity contribution in [3.05, 3.63) is 18.0 Å². The molecule has 1 aromatic rings. The van der Waals surface area contributed by atoms with E-state index in [4.69, 9.17) is 4.74 Å². The van der Waals surface area contributed by atoms with Crippen molar-refractivity contribution in [2.24, 2.45) is 0 Å². The van der Waals surface area contributed by atoms with Crippen molar-refractivity contribution < 1.29 is 9.53 Å². The molecule has 86 valence electrons. The molecule has 5 heteroatoms. The normalized spacial score (nSPS) is 14.6. The van der Waals surface area contributed by atoms with Crippen LogP contribution in [0.1, 0.15) is 18.5 Å².